The van der Waals surface area contributed by atoms with Crippen molar-refractivity contribution in [2.75, 3.05) is 45.8 Å². The summed E-state index contributed by atoms with van der Waals surface area (Å²) in [5.74, 6) is 0. The second-order valence-corrected chi connectivity index (χ2v) is 5.42. The summed E-state index contributed by atoms with van der Waals surface area (Å²) in [6.45, 7) is 15.3. The van der Waals surface area contributed by atoms with Crippen LogP contribution >= 0.6 is 0 Å². The highest BCUT2D eigenvalue weighted by Crippen LogP contribution is 2.16. The molecule has 0 aromatic carbocycles. The molecule has 3 nitrogen and oxygen atoms in total. The van der Waals surface area contributed by atoms with E-state index in [0.717, 1.165) is 6.04 Å². The van der Waals surface area contributed by atoms with Crippen LogP contribution in [-0.2, 0) is 0 Å². The molecule has 1 fully saturated rings. The molecule has 1 saturated heterocycles. The van der Waals surface area contributed by atoms with Crippen molar-refractivity contribution in [1.82, 2.24) is 15.1 Å². The molecule has 1 heterocycles. The van der Waals surface area contributed by atoms with Crippen molar-refractivity contribution in [3.63, 3.8) is 0 Å². The second-order valence-electron chi connectivity index (χ2n) is 5.42. The summed E-state index contributed by atoms with van der Waals surface area (Å²) in [4.78, 5) is 5.25. The molecule has 1 aliphatic heterocycles. The van der Waals surface area contributed by atoms with Gasteiger partial charge >= 0.3 is 0 Å². The van der Waals surface area contributed by atoms with Crippen molar-refractivity contribution in [2.45, 2.75) is 52.5 Å². The van der Waals surface area contributed by atoms with Gasteiger partial charge in [-0.1, -0.05) is 27.2 Å². The summed E-state index contributed by atoms with van der Waals surface area (Å²) >= 11 is 0. The summed E-state index contributed by atoms with van der Waals surface area (Å²) in [6, 6.07) is 0.779. The van der Waals surface area contributed by atoms with Crippen LogP contribution in [-0.4, -0.2) is 61.7 Å². The van der Waals surface area contributed by atoms with E-state index in [4.69, 9.17) is 0 Å². The summed E-state index contributed by atoms with van der Waals surface area (Å²) in [5.41, 5.74) is 0. The van der Waals surface area contributed by atoms with Gasteiger partial charge in [0.05, 0.1) is 0 Å². The maximum absolute atomic E-state index is 3.60. The first-order valence-electron chi connectivity index (χ1n) is 7.98. The summed E-state index contributed by atoms with van der Waals surface area (Å²) in [7, 11) is 0. The van der Waals surface area contributed by atoms with Crippen LogP contribution < -0.4 is 5.32 Å². The average Bonchev–Trinajstić information content (AvgIpc) is 2.41. The molecule has 0 aromatic heterocycles. The van der Waals surface area contributed by atoms with E-state index in [1.807, 2.05) is 0 Å². The Morgan fingerprint density at radius 1 is 1.17 bits per heavy atom. The molecule has 1 unspecified atom stereocenters. The highest BCUT2D eigenvalue weighted by molar-refractivity contribution is 4.79. The van der Waals surface area contributed by atoms with Crippen LogP contribution in [0.3, 0.4) is 0 Å². The number of hydrogen-bond donors (Lipinski definition) is 1. The van der Waals surface area contributed by atoms with Gasteiger partial charge in [0.25, 0.3) is 0 Å². The summed E-state index contributed by atoms with van der Waals surface area (Å²) < 4.78 is 0. The quantitative estimate of drug-likeness (QED) is 0.637. The number of nitrogens with one attached hydrogen (secondary N) is 1. The minimum absolute atomic E-state index is 0.779. The Kier molecular flexibility index (Phi) is 8.64. The number of rotatable bonds is 9. The molecule has 0 aliphatic carbocycles. The van der Waals surface area contributed by atoms with E-state index >= 15 is 0 Å². The SMILES string of the molecule is CCCNCC1CCCCN1CCN(CC)CC. The molecule has 3 heteroatoms. The van der Waals surface area contributed by atoms with E-state index in [-0.39, 0.29) is 0 Å². The van der Waals surface area contributed by atoms with Crippen LogP contribution in [0.25, 0.3) is 0 Å². The fourth-order valence-corrected chi connectivity index (χ4v) is 2.84. The topological polar surface area (TPSA) is 18.5 Å². The third kappa shape index (κ3) is 5.68. The zero-order chi connectivity index (χ0) is 13.2. The first-order valence-corrected chi connectivity index (χ1v) is 7.98. The first-order chi connectivity index (χ1) is 8.81. The molecule has 0 aromatic rings. The van der Waals surface area contributed by atoms with Gasteiger partial charge < -0.3 is 10.2 Å². The van der Waals surface area contributed by atoms with Gasteiger partial charge in [-0.05, 0) is 45.4 Å². The fraction of sp³-hybridized carbons (Fsp3) is 1.00. The lowest BCUT2D eigenvalue weighted by molar-refractivity contribution is 0.126. The summed E-state index contributed by atoms with van der Waals surface area (Å²) in [6.07, 6.45) is 5.43. The van der Waals surface area contributed by atoms with Gasteiger partial charge in [-0.3, -0.25) is 4.90 Å². The zero-order valence-corrected chi connectivity index (χ0v) is 12.7. The van der Waals surface area contributed by atoms with E-state index < -0.39 is 0 Å². The van der Waals surface area contributed by atoms with Crippen LogP contribution in [0.2, 0.25) is 0 Å². The fourth-order valence-electron chi connectivity index (χ4n) is 2.84. The molecule has 0 amide bonds. The Bertz CT molecular complexity index is 192. The van der Waals surface area contributed by atoms with E-state index in [1.54, 1.807) is 0 Å². The Morgan fingerprint density at radius 3 is 2.61 bits per heavy atom. The van der Waals surface area contributed by atoms with E-state index in [1.165, 1.54) is 71.5 Å². The first kappa shape index (κ1) is 15.9. The predicted octanol–water partition coefficient (Wildman–Crippen LogP) is 2.18. The van der Waals surface area contributed by atoms with Gasteiger partial charge in [-0.15, -0.1) is 0 Å². The Balaban J connectivity index is 2.29. The third-order valence-corrected chi connectivity index (χ3v) is 4.15. The minimum Gasteiger partial charge on any atom is -0.315 e. The van der Waals surface area contributed by atoms with Crippen molar-refractivity contribution < 1.29 is 0 Å². The van der Waals surface area contributed by atoms with Gasteiger partial charge in [0.15, 0.2) is 0 Å². The lowest BCUT2D eigenvalue weighted by Gasteiger charge is -2.37. The van der Waals surface area contributed by atoms with Crippen LogP contribution in [0.5, 0.6) is 0 Å². The maximum Gasteiger partial charge on any atom is 0.0221 e. The van der Waals surface area contributed by atoms with Crippen LogP contribution in [0.15, 0.2) is 0 Å². The van der Waals surface area contributed by atoms with E-state index in [9.17, 15) is 0 Å². The number of hydrogen-bond acceptors (Lipinski definition) is 3. The largest absolute Gasteiger partial charge is 0.315 e. The molecule has 108 valence electrons. The van der Waals surface area contributed by atoms with Crippen molar-refractivity contribution in [3.05, 3.63) is 0 Å². The number of nitrogens with zero attached hydrogens (tertiary/aromatic N) is 2. The lowest BCUT2D eigenvalue weighted by Crippen LogP contribution is -2.48. The van der Waals surface area contributed by atoms with Crippen molar-refractivity contribution in [3.8, 4) is 0 Å². The Morgan fingerprint density at radius 2 is 1.94 bits per heavy atom. The maximum atomic E-state index is 3.60. The minimum atomic E-state index is 0.779. The van der Waals surface area contributed by atoms with Gasteiger partial charge in [-0.25, -0.2) is 0 Å². The highest BCUT2D eigenvalue weighted by atomic mass is 15.2. The molecule has 1 atom stereocenters. The van der Waals surface area contributed by atoms with Crippen molar-refractivity contribution >= 4 is 0 Å². The monoisotopic (exact) mass is 255 g/mol. The highest BCUT2D eigenvalue weighted by Gasteiger charge is 2.21. The van der Waals surface area contributed by atoms with Crippen molar-refractivity contribution in [2.24, 2.45) is 0 Å². The van der Waals surface area contributed by atoms with Crippen LogP contribution in [0.4, 0.5) is 0 Å². The molecule has 18 heavy (non-hydrogen) atoms. The number of likely N-dealkylation sites (N-methyl/N-ethyl adjacent to an activating group) is 1. The normalized spacial score (nSPS) is 21.7. The van der Waals surface area contributed by atoms with E-state index in [2.05, 4.69) is 35.9 Å². The molecular weight excluding hydrogens is 222 g/mol. The molecule has 1 aliphatic rings. The zero-order valence-electron chi connectivity index (χ0n) is 12.7. The van der Waals surface area contributed by atoms with Gasteiger partial charge in [0.2, 0.25) is 0 Å². The van der Waals surface area contributed by atoms with Gasteiger partial charge in [-0.2, -0.15) is 0 Å². The summed E-state index contributed by atoms with van der Waals surface area (Å²) in [5, 5.41) is 3.60. The number of piperidine rings is 1. The Labute approximate surface area is 114 Å². The predicted molar refractivity (Wildman–Crippen MR) is 80.2 cm³/mol. The molecule has 0 radical (unpaired) electrons. The van der Waals surface area contributed by atoms with Crippen LogP contribution in [0, 0.1) is 0 Å². The van der Waals surface area contributed by atoms with E-state index in [0.29, 0.717) is 0 Å². The molecule has 1 N–H and O–H groups in total. The molecule has 1 rings (SSSR count). The Hall–Kier alpha value is -0.120. The third-order valence-electron chi connectivity index (χ3n) is 4.15. The molecule has 0 saturated carbocycles. The smallest absolute Gasteiger partial charge is 0.0221 e. The van der Waals surface area contributed by atoms with Crippen molar-refractivity contribution in [1.29, 1.82) is 0 Å². The van der Waals surface area contributed by atoms with Crippen LogP contribution in [0.1, 0.15) is 46.5 Å². The average molecular weight is 255 g/mol. The lowest BCUT2D eigenvalue weighted by atomic mass is 10.0. The molecule has 0 bridgehead atoms. The number of likely N-dealkylation sites (tertiary alicyclic amines) is 1. The second kappa shape index (κ2) is 9.76. The van der Waals surface area contributed by atoms with Gasteiger partial charge in [0, 0.05) is 25.7 Å². The molecular formula is C15H33N3. The standard InChI is InChI=1S/C15H33N3/c1-4-10-16-14-15-9-7-8-11-18(15)13-12-17(5-2)6-3/h15-16H,4-14H2,1-3H3. The molecule has 0 spiro atoms. The van der Waals surface area contributed by atoms with Gasteiger partial charge in [0.1, 0.15) is 0 Å².